The summed E-state index contributed by atoms with van der Waals surface area (Å²) in [6.45, 7) is 3.07. The van der Waals surface area contributed by atoms with Crippen LogP contribution in [0.3, 0.4) is 0 Å². The monoisotopic (exact) mass is 587 g/mol. The molecule has 0 radical (unpaired) electrons. The molecule has 8 heteroatoms. The van der Waals surface area contributed by atoms with E-state index < -0.39 is 11.9 Å². The first-order valence-electron chi connectivity index (χ1n) is 14.5. The molecule has 3 atom stereocenters. The molecule has 0 amide bonds. The highest BCUT2D eigenvalue weighted by molar-refractivity contribution is 6.30. The number of hydrogen-bond donors (Lipinski definition) is 0. The number of unbranched alkanes of at least 4 members (excludes halogenated alkanes) is 1. The first kappa shape index (κ1) is 30.7. The number of halogens is 2. The molecule has 1 aliphatic carbocycles. The Kier molecular flexibility index (Phi) is 10.8. The van der Waals surface area contributed by atoms with Gasteiger partial charge in [0.25, 0.3) is 0 Å². The number of ether oxygens (including phenoxy) is 2. The van der Waals surface area contributed by atoms with Crippen LogP contribution in [0, 0.1) is 11.8 Å². The van der Waals surface area contributed by atoms with E-state index in [1.807, 2.05) is 42.7 Å². The van der Waals surface area contributed by atoms with Crippen LogP contribution in [0.5, 0.6) is 0 Å². The summed E-state index contributed by atoms with van der Waals surface area (Å²) in [6, 6.07) is 16.3. The number of benzene rings is 2. The van der Waals surface area contributed by atoms with Gasteiger partial charge in [-0.1, -0.05) is 73.7 Å². The highest BCUT2D eigenvalue weighted by Gasteiger charge is 2.50. The van der Waals surface area contributed by atoms with Crippen molar-refractivity contribution in [3.63, 3.8) is 0 Å². The maximum atomic E-state index is 12.5. The van der Waals surface area contributed by atoms with Gasteiger partial charge >= 0.3 is 6.16 Å². The Hall–Kier alpha value is -2.28. The van der Waals surface area contributed by atoms with Crippen molar-refractivity contribution in [2.75, 3.05) is 27.7 Å². The molecule has 0 saturated heterocycles. The van der Waals surface area contributed by atoms with Crippen LogP contribution in [-0.2, 0) is 15.9 Å². The molecule has 4 rings (SSSR count). The number of nitrogens with zero attached hydrogens (tertiary/aromatic N) is 3. The zero-order chi connectivity index (χ0) is 28.7. The molecule has 1 aliphatic heterocycles. The molecule has 2 aromatic rings. The molecule has 1 fully saturated rings. The summed E-state index contributed by atoms with van der Waals surface area (Å²) in [4.78, 5) is 22.1. The molecule has 0 spiro atoms. The van der Waals surface area contributed by atoms with E-state index in [1.165, 1.54) is 12.7 Å². The van der Waals surface area contributed by atoms with Crippen LogP contribution in [0.4, 0.5) is 4.79 Å². The molecule has 0 bridgehead atoms. The lowest BCUT2D eigenvalue weighted by Crippen LogP contribution is -2.51. The number of carbonyl (C=O) groups excluding carboxylic acids is 1. The van der Waals surface area contributed by atoms with Crippen LogP contribution in [0.25, 0.3) is 0 Å². The standard InChI is InChI=1S/C32H43Cl2N3O3/c1-5-6-19-37-22-35-32(40-31(38)39-4,21-24-9-15-27(33)16-10-24)29(37)20-23-7-11-25(12-8-23)30(36(2)3)26-13-17-28(34)18-14-26/h9-10,13-18,22-23,25,29-30H,5-8,11-12,19-21H2,1-4H3. The number of aliphatic imine (C=N–C) groups is 1. The van der Waals surface area contributed by atoms with E-state index in [1.54, 1.807) is 0 Å². The third-order valence-corrected chi connectivity index (χ3v) is 9.08. The van der Waals surface area contributed by atoms with Crippen molar-refractivity contribution in [3.8, 4) is 0 Å². The predicted molar refractivity (Wildman–Crippen MR) is 163 cm³/mol. The van der Waals surface area contributed by atoms with Gasteiger partial charge in [0.05, 0.1) is 19.5 Å². The number of methoxy groups -OCH3 is 1. The van der Waals surface area contributed by atoms with Gasteiger partial charge < -0.3 is 19.3 Å². The molecule has 218 valence electrons. The first-order chi connectivity index (χ1) is 19.2. The van der Waals surface area contributed by atoms with Crippen molar-refractivity contribution >= 4 is 35.7 Å². The van der Waals surface area contributed by atoms with Gasteiger partial charge in [0, 0.05) is 29.1 Å². The van der Waals surface area contributed by atoms with Gasteiger partial charge in [-0.15, -0.1) is 0 Å². The summed E-state index contributed by atoms with van der Waals surface area (Å²) < 4.78 is 11.0. The zero-order valence-electron chi connectivity index (χ0n) is 24.2. The molecule has 6 nitrogen and oxygen atoms in total. The minimum Gasteiger partial charge on any atom is -0.438 e. The van der Waals surface area contributed by atoms with Gasteiger partial charge in [0.1, 0.15) is 0 Å². The minimum absolute atomic E-state index is 0.0590. The molecule has 2 aromatic carbocycles. The number of carbonyl (C=O) groups is 1. The van der Waals surface area contributed by atoms with Crippen LogP contribution in [0.15, 0.2) is 53.5 Å². The maximum Gasteiger partial charge on any atom is 0.510 e. The Labute approximate surface area is 249 Å². The quantitative estimate of drug-likeness (QED) is 0.249. The molecule has 0 aromatic heterocycles. The summed E-state index contributed by atoms with van der Waals surface area (Å²) in [5.41, 5.74) is 1.30. The van der Waals surface area contributed by atoms with E-state index in [9.17, 15) is 4.79 Å². The molecular weight excluding hydrogens is 545 g/mol. The Morgan fingerprint density at radius 2 is 1.68 bits per heavy atom. The molecule has 3 unspecified atom stereocenters. The number of rotatable bonds is 11. The maximum absolute atomic E-state index is 12.5. The van der Waals surface area contributed by atoms with E-state index >= 15 is 0 Å². The fourth-order valence-corrected chi connectivity index (χ4v) is 6.81. The topological polar surface area (TPSA) is 54.4 Å². The fourth-order valence-electron chi connectivity index (χ4n) is 6.55. The van der Waals surface area contributed by atoms with E-state index in [-0.39, 0.29) is 6.04 Å². The highest BCUT2D eigenvalue weighted by atomic mass is 35.5. The van der Waals surface area contributed by atoms with Crippen molar-refractivity contribution in [2.45, 2.75) is 76.1 Å². The SMILES string of the molecule is CCCCN1C=NC(Cc2ccc(Cl)cc2)(OC(=O)OC)C1CC1CCC(C(c2ccc(Cl)cc2)N(C)C)CC1. The molecule has 40 heavy (non-hydrogen) atoms. The van der Waals surface area contributed by atoms with Gasteiger partial charge in [-0.2, -0.15) is 0 Å². The Bertz CT molecular complexity index is 1120. The lowest BCUT2D eigenvalue weighted by atomic mass is 9.73. The van der Waals surface area contributed by atoms with Crippen molar-refractivity contribution in [3.05, 3.63) is 69.7 Å². The highest BCUT2D eigenvalue weighted by Crippen LogP contribution is 2.43. The molecule has 2 aliphatic rings. The third-order valence-electron chi connectivity index (χ3n) is 8.58. The first-order valence-corrected chi connectivity index (χ1v) is 15.2. The van der Waals surface area contributed by atoms with Crippen LogP contribution >= 0.6 is 23.2 Å². The normalized spacial score (nSPS) is 25.3. The molecule has 1 heterocycles. The van der Waals surface area contributed by atoms with Crippen LogP contribution in [0.1, 0.15) is 69.0 Å². The van der Waals surface area contributed by atoms with Crippen LogP contribution < -0.4 is 0 Å². The summed E-state index contributed by atoms with van der Waals surface area (Å²) in [7, 11) is 5.69. The predicted octanol–water partition coefficient (Wildman–Crippen LogP) is 8.03. The average molecular weight is 589 g/mol. The van der Waals surface area contributed by atoms with E-state index in [0.717, 1.165) is 62.1 Å². The summed E-state index contributed by atoms with van der Waals surface area (Å²) in [5.74, 6) is 1.10. The van der Waals surface area contributed by atoms with Gasteiger partial charge in [0.15, 0.2) is 0 Å². The van der Waals surface area contributed by atoms with Crippen molar-refractivity contribution < 1.29 is 14.3 Å². The van der Waals surface area contributed by atoms with Crippen LogP contribution in [0.2, 0.25) is 10.0 Å². The van der Waals surface area contributed by atoms with E-state index in [2.05, 4.69) is 43.0 Å². The Morgan fingerprint density at radius 1 is 1.05 bits per heavy atom. The van der Waals surface area contributed by atoms with Gasteiger partial charge in [-0.05, 0) is 87.0 Å². The summed E-state index contributed by atoms with van der Waals surface area (Å²) in [6.07, 6.45) is 9.29. The van der Waals surface area contributed by atoms with E-state index in [0.29, 0.717) is 29.3 Å². The summed E-state index contributed by atoms with van der Waals surface area (Å²) in [5, 5.41) is 1.45. The van der Waals surface area contributed by atoms with Crippen molar-refractivity contribution in [1.82, 2.24) is 9.80 Å². The van der Waals surface area contributed by atoms with Crippen molar-refractivity contribution in [1.29, 1.82) is 0 Å². The Morgan fingerprint density at radius 3 is 2.25 bits per heavy atom. The second-order valence-electron chi connectivity index (χ2n) is 11.5. The minimum atomic E-state index is -1.04. The van der Waals surface area contributed by atoms with Crippen LogP contribution in [-0.4, -0.2) is 61.8 Å². The lowest BCUT2D eigenvalue weighted by molar-refractivity contribution is -0.0572. The average Bonchev–Trinajstić information content (AvgIpc) is 3.26. The lowest BCUT2D eigenvalue weighted by Gasteiger charge is -2.41. The van der Waals surface area contributed by atoms with Gasteiger partial charge in [-0.3, -0.25) is 0 Å². The molecular formula is C32H43Cl2N3O3. The molecule has 1 saturated carbocycles. The van der Waals surface area contributed by atoms with Gasteiger partial charge in [-0.25, -0.2) is 9.79 Å². The smallest absolute Gasteiger partial charge is 0.438 e. The third kappa shape index (κ3) is 7.51. The molecule has 0 N–H and O–H groups in total. The number of hydrogen-bond acceptors (Lipinski definition) is 6. The van der Waals surface area contributed by atoms with Gasteiger partial charge in [0.2, 0.25) is 5.72 Å². The second kappa shape index (κ2) is 14.1. The Balaban J connectivity index is 1.52. The largest absolute Gasteiger partial charge is 0.510 e. The zero-order valence-corrected chi connectivity index (χ0v) is 25.7. The second-order valence-corrected chi connectivity index (χ2v) is 12.4. The van der Waals surface area contributed by atoms with Crippen molar-refractivity contribution in [2.24, 2.45) is 16.8 Å². The summed E-state index contributed by atoms with van der Waals surface area (Å²) >= 11 is 12.3. The fraction of sp³-hybridized carbons (Fsp3) is 0.562. The van der Waals surface area contributed by atoms with E-state index in [4.69, 9.17) is 37.7 Å².